The number of aromatic nitrogens is 1. The molecule has 1 saturated heterocycles. The van der Waals surface area contributed by atoms with Crippen molar-refractivity contribution in [1.82, 2.24) is 9.88 Å². The highest BCUT2D eigenvalue weighted by Crippen LogP contribution is 2.21. The summed E-state index contributed by atoms with van der Waals surface area (Å²) >= 11 is 1.68. The maximum Gasteiger partial charge on any atom is 0.228 e. The van der Waals surface area contributed by atoms with Crippen LogP contribution in [0.5, 0.6) is 0 Å². The molecule has 1 aliphatic rings. The summed E-state index contributed by atoms with van der Waals surface area (Å²) in [6, 6.07) is 9.68. The number of nitrogens with zero attached hydrogens (tertiary/aromatic N) is 2. The topological polar surface area (TPSA) is 45.2 Å². The second kappa shape index (κ2) is 6.83. The van der Waals surface area contributed by atoms with Crippen molar-refractivity contribution in [3.05, 3.63) is 46.9 Å². The molecule has 0 radical (unpaired) electrons. The highest BCUT2D eigenvalue weighted by atomic mass is 32.1. The summed E-state index contributed by atoms with van der Waals surface area (Å²) in [5.74, 6) is 0.210. The average Bonchev–Trinajstić information content (AvgIpc) is 3.01. The number of anilines is 1. The first-order chi connectivity index (χ1) is 10.3. The van der Waals surface area contributed by atoms with Crippen LogP contribution in [0.4, 0.5) is 5.69 Å². The van der Waals surface area contributed by atoms with Crippen LogP contribution in [0.15, 0.2) is 42.0 Å². The molecule has 0 saturated carbocycles. The number of benzene rings is 1. The smallest absolute Gasteiger partial charge is 0.228 e. The van der Waals surface area contributed by atoms with Crippen molar-refractivity contribution < 1.29 is 4.79 Å². The van der Waals surface area contributed by atoms with E-state index in [0.29, 0.717) is 0 Å². The number of amides is 1. The molecule has 0 bridgehead atoms. The number of para-hydroxylation sites is 1. The maximum atomic E-state index is 12.4. The predicted octanol–water partition coefficient (Wildman–Crippen LogP) is 2.99. The van der Waals surface area contributed by atoms with Crippen molar-refractivity contribution in [2.75, 3.05) is 18.4 Å². The lowest BCUT2D eigenvalue weighted by atomic mass is 9.97. The second-order valence-corrected chi connectivity index (χ2v) is 6.37. The van der Waals surface area contributed by atoms with Gasteiger partial charge in [0.2, 0.25) is 5.91 Å². The second-order valence-electron chi connectivity index (χ2n) is 5.40. The first-order valence-corrected chi connectivity index (χ1v) is 8.15. The number of rotatable bonds is 4. The SMILES string of the molecule is O=C(Nc1ccccc1)C1CCCN(Cc2cncs2)C1. The predicted molar refractivity (Wildman–Crippen MR) is 85.2 cm³/mol. The Balaban J connectivity index is 1.56. The summed E-state index contributed by atoms with van der Waals surface area (Å²) in [5.41, 5.74) is 2.74. The Morgan fingerprint density at radius 1 is 1.38 bits per heavy atom. The molecule has 2 heterocycles. The van der Waals surface area contributed by atoms with E-state index in [2.05, 4.69) is 15.2 Å². The van der Waals surface area contributed by atoms with Gasteiger partial charge in [0.1, 0.15) is 0 Å². The minimum absolute atomic E-state index is 0.0758. The molecule has 1 aromatic carbocycles. The van der Waals surface area contributed by atoms with Crippen LogP contribution >= 0.6 is 11.3 Å². The van der Waals surface area contributed by atoms with Gasteiger partial charge in [-0.3, -0.25) is 14.7 Å². The molecule has 3 rings (SSSR count). The van der Waals surface area contributed by atoms with Crippen molar-refractivity contribution >= 4 is 22.9 Å². The van der Waals surface area contributed by atoms with Crippen molar-refractivity contribution in [1.29, 1.82) is 0 Å². The molecule has 4 nitrogen and oxygen atoms in total. The van der Waals surface area contributed by atoms with Gasteiger partial charge in [-0.2, -0.15) is 0 Å². The van der Waals surface area contributed by atoms with Crippen LogP contribution in [0.1, 0.15) is 17.7 Å². The molecule has 1 fully saturated rings. The van der Waals surface area contributed by atoms with Gasteiger partial charge in [0, 0.05) is 29.9 Å². The summed E-state index contributed by atoms with van der Waals surface area (Å²) in [6.07, 6.45) is 3.96. The van der Waals surface area contributed by atoms with E-state index in [4.69, 9.17) is 0 Å². The molecular formula is C16H19N3OS. The van der Waals surface area contributed by atoms with Gasteiger partial charge in [-0.15, -0.1) is 11.3 Å². The number of carbonyl (C=O) groups is 1. The summed E-state index contributed by atoms with van der Waals surface area (Å²) in [7, 11) is 0. The molecule has 2 aromatic rings. The summed E-state index contributed by atoms with van der Waals surface area (Å²) in [5, 5.41) is 3.02. The minimum atomic E-state index is 0.0758. The molecule has 1 unspecified atom stereocenters. The maximum absolute atomic E-state index is 12.4. The van der Waals surface area contributed by atoms with Crippen LogP contribution in [0, 0.1) is 5.92 Å². The lowest BCUT2D eigenvalue weighted by molar-refractivity contribution is -0.121. The van der Waals surface area contributed by atoms with E-state index in [1.165, 1.54) is 4.88 Å². The number of carbonyl (C=O) groups excluding carboxylic acids is 1. The number of nitrogens with one attached hydrogen (secondary N) is 1. The first-order valence-electron chi connectivity index (χ1n) is 7.27. The minimum Gasteiger partial charge on any atom is -0.326 e. The lowest BCUT2D eigenvalue weighted by Gasteiger charge is -2.31. The highest BCUT2D eigenvalue weighted by molar-refractivity contribution is 7.09. The summed E-state index contributed by atoms with van der Waals surface area (Å²) in [4.78, 5) is 20.1. The molecule has 5 heteroatoms. The summed E-state index contributed by atoms with van der Waals surface area (Å²) in [6.45, 7) is 2.80. The third-order valence-corrected chi connectivity index (χ3v) is 4.54. The Labute approximate surface area is 128 Å². The fraction of sp³-hybridized carbons (Fsp3) is 0.375. The van der Waals surface area contributed by atoms with E-state index < -0.39 is 0 Å². The monoisotopic (exact) mass is 301 g/mol. The lowest BCUT2D eigenvalue weighted by Crippen LogP contribution is -2.40. The molecular weight excluding hydrogens is 282 g/mol. The number of hydrogen-bond acceptors (Lipinski definition) is 4. The summed E-state index contributed by atoms with van der Waals surface area (Å²) < 4.78 is 0. The Bertz CT molecular complexity index is 570. The molecule has 1 aliphatic heterocycles. The molecule has 0 aliphatic carbocycles. The van der Waals surface area contributed by atoms with Crippen molar-refractivity contribution in [3.8, 4) is 0 Å². The van der Waals surface area contributed by atoms with E-state index >= 15 is 0 Å². The molecule has 1 aromatic heterocycles. The number of likely N-dealkylation sites (tertiary alicyclic amines) is 1. The van der Waals surface area contributed by atoms with Crippen molar-refractivity contribution in [3.63, 3.8) is 0 Å². The fourth-order valence-electron chi connectivity index (χ4n) is 2.72. The van der Waals surface area contributed by atoms with Gasteiger partial charge >= 0.3 is 0 Å². The molecule has 1 amide bonds. The van der Waals surface area contributed by atoms with E-state index in [-0.39, 0.29) is 11.8 Å². The molecule has 1 atom stereocenters. The van der Waals surface area contributed by atoms with Gasteiger partial charge in [-0.25, -0.2) is 0 Å². The van der Waals surface area contributed by atoms with Gasteiger partial charge in [-0.05, 0) is 31.5 Å². The van der Waals surface area contributed by atoms with E-state index in [0.717, 1.165) is 38.2 Å². The largest absolute Gasteiger partial charge is 0.326 e. The fourth-order valence-corrected chi connectivity index (χ4v) is 3.36. The number of piperidine rings is 1. The Kier molecular flexibility index (Phi) is 4.62. The third-order valence-electron chi connectivity index (χ3n) is 3.78. The Hall–Kier alpha value is -1.72. The van der Waals surface area contributed by atoms with Crippen LogP contribution in [-0.4, -0.2) is 28.9 Å². The van der Waals surface area contributed by atoms with Crippen LogP contribution in [-0.2, 0) is 11.3 Å². The van der Waals surface area contributed by atoms with E-state index in [9.17, 15) is 4.79 Å². The normalized spacial score (nSPS) is 19.3. The standard InChI is InChI=1S/C16H19N3OS/c20-16(18-14-6-2-1-3-7-14)13-5-4-8-19(10-13)11-15-9-17-12-21-15/h1-3,6-7,9,12-13H,4-5,8,10-11H2,(H,18,20). The zero-order valence-corrected chi connectivity index (χ0v) is 12.7. The average molecular weight is 301 g/mol. The number of thiazole rings is 1. The molecule has 1 N–H and O–H groups in total. The molecule has 110 valence electrons. The van der Waals surface area contributed by atoms with Crippen LogP contribution < -0.4 is 5.32 Å². The first kappa shape index (κ1) is 14.2. The van der Waals surface area contributed by atoms with Gasteiger partial charge in [0.15, 0.2) is 0 Å². The molecule has 21 heavy (non-hydrogen) atoms. The van der Waals surface area contributed by atoms with Gasteiger partial charge in [0.05, 0.1) is 11.4 Å². The molecule has 0 spiro atoms. The number of hydrogen-bond donors (Lipinski definition) is 1. The van der Waals surface area contributed by atoms with E-state index in [1.54, 1.807) is 11.3 Å². The van der Waals surface area contributed by atoms with Crippen LogP contribution in [0.3, 0.4) is 0 Å². The van der Waals surface area contributed by atoms with Crippen LogP contribution in [0.25, 0.3) is 0 Å². The van der Waals surface area contributed by atoms with Gasteiger partial charge in [0.25, 0.3) is 0 Å². The third kappa shape index (κ3) is 3.89. The van der Waals surface area contributed by atoms with Crippen molar-refractivity contribution in [2.45, 2.75) is 19.4 Å². The van der Waals surface area contributed by atoms with E-state index in [1.807, 2.05) is 42.0 Å². The van der Waals surface area contributed by atoms with Crippen LogP contribution in [0.2, 0.25) is 0 Å². The zero-order valence-electron chi connectivity index (χ0n) is 11.9. The van der Waals surface area contributed by atoms with Gasteiger partial charge < -0.3 is 5.32 Å². The Morgan fingerprint density at radius 2 is 2.24 bits per heavy atom. The zero-order chi connectivity index (χ0) is 14.5. The van der Waals surface area contributed by atoms with Crippen molar-refractivity contribution in [2.24, 2.45) is 5.92 Å². The quantitative estimate of drug-likeness (QED) is 0.944. The highest BCUT2D eigenvalue weighted by Gasteiger charge is 2.26. The van der Waals surface area contributed by atoms with Gasteiger partial charge in [-0.1, -0.05) is 18.2 Å². The Morgan fingerprint density at radius 3 is 3.00 bits per heavy atom.